The van der Waals surface area contributed by atoms with Gasteiger partial charge in [0.25, 0.3) is 0 Å². The zero-order valence-corrected chi connectivity index (χ0v) is 9.69. The molecule has 0 saturated heterocycles. The summed E-state index contributed by atoms with van der Waals surface area (Å²) in [6.07, 6.45) is -0.665. The van der Waals surface area contributed by atoms with E-state index < -0.39 is 18.6 Å². The third-order valence-electron chi connectivity index (χ3n) is 3.12. The molecule has 5 heteroatoms. The van der Waals surface area contributed by atoms with E-state index in [0.717, 1.165) is 25.7 Å². The zero-order valence-electron chi connectivity index (χ0n) is 9.69. The zero-order chi connectivity index (χ0) is 12.2. The number of nitrogens with two attached hydrogens (primary N) is 1. The summed E-state index contributed by atoms with van der Waals surface area (Å²) in [5.41, 5.74) is 5.83. The van der Waals surface area contributed by atoms with E-state index in [-0.39, 0.29) is 6.04 Å². The van der Waals surface area contributed by atoms with Gasteiger partial charge in [-0.2, -0.15) is 13.2 Å². The highest BCUT2D eigenvalue weighted by Gasteiger charge is 2.30. The molecule has 16 heavy (non-hydrogen) atoms. The Kier molecular flexibility index (Phi) is 5.05. The van der Waals surface area contributed by atoms with Gasteiger partial charge in [-0.15, -0.1) is 0 Å². The van der Waals surface area contributed by atoms with Gasteiger partial charge in [-0.3, -0.25) is 0 Å². The molecule has 3 atom stereocenters. The molecule has 96 valence electrons. The van der Waals surface area contributed by atoms with Crippen LogP contribution in [0.3, 0.4) is 0 Å². The highest BCUT2D eigenvalue weighted by atomic mass is 19.4. The third-order valence-corrected chi connectivity index (χ3v) is 3.12. The Bertz CT molecular complexity index is 206. The summed E-state index contributed by atoms with van der Waals surface area (Å²) in [6, 6.07) is -0.267. The molecule has 1 fully saturated rings. The van der Waals surface area contributed by atoms with Gasteiger partial charge in [-0.25, -0.2) is 0 Å². The Morgan fingerprint density at radius 3 is 2.62 bits per heavy atom. The molecule has 1 aliphatic rings. The molecule has 1 saturated carbocycles. The molecular formula is C11H21F3N2. The summed E-state index contributed by atoms with van der Waals surface area (Å²) >= 11 is 0. The number of rotatable bonds is 4. The largest absolute Gasteiger partial charge is 0.390 e. The van der Waals surface area contributed by atoms with E-state index >= 15 is 0 Å². The summed E-state index contributed by atoms with van der Waals surface area (Å²) in [5, 5.41) is 2.95. The first-order chi connectivity index (χ1) is 7.37. The first kappa shape index (κ1) is 13.8. The molecule has 0 aromatic rings. The quantitative estimate of drug-likeness (QED) is 0.789. The van der Waals surface area contributed by atoms with E-state index in [9.17, 15) is 13.2 Å². The lowest BCUT2D eigenvalue weighted by Gasteiger charge is -2.28. The molecule has 2 nitrogen and oxygen atoms in total. The van der Waals surface area contributed by atoms with Crippen LogP contribution in [-0.4, -0.2) is 24.8 Å². The summed E-state index contributed by atoms with van der Waals surface area (Å²) < 4.78 is 36.2. The van der Waals surface area contributed by atoms with E-state index in [1.807, 2.05) is 0 Å². The highest BCUT2D eigenvalue weighted by Crippen LogP contribution is 2.24. The van der Waals surface area contributed by atoms with Crippen LogP contribution in [0.15, 0.2) is 0 Å². The molecule has 1 aliphatic carbocycles. The monoisotopic (exact) mass is 238 g/mol. The third kappa shape index (κ3) is 5.70. The van der Waals surface area contributed by atoms with Gasteiger partial charge in [0.05, 0.1) is 6.42 Å². The normalized spacial score (nSPS) is 29.1. The van der Waals surface area contributed by atoms with Gasteiger partial charge in [0.1, 0.15) is 0 Å². The van der Waals surface area contributed by atoms with Crippen molar-refractivity contribution < 1.29 is 13.2 Å². The lowest BCUT2D eigenvalue weighted by Crippen LogP contribution is -2.38. The standard InChI is InChI=1S/C11H21F3N2/c1-8(6-11(12,13)14)16-7-9-3-2-4-10(15)5-9/h8-10,16H,2-7,15H2,1H3. The van der Waals surface area contributed by atoms with Crippen LogP contribution < -0.4 is 11.1 Å². The van der Waals surface area contributed by atoms with Crippen molar-refractivity contribution in [1.82, 2.24) is 5.32 Å². The van der Waals surface area contributed by atoms with Crippen molar-refractivity contribution >= 4 is 0 Å². The van der Waals surface area contributed by atoms with Crippen LogP contribution in [0.25, 0.3) is 0 Å². The van der Waals surface area contributed by atoms with Crippen molar-refractivity contribution in [2.75, 3.05) is 6.54 Å². The minimum Gasteiger partial charge on any atom is -0.328 e. The van der Waals surface area contributed by atoms with Crippen molar-refractivity contribution in [3.63, 3.8) is 0 Å². The molecule has 0 aliphatic heterocycles. The fraction of sp³-hybridized carbons (Fsp3) is 1.00. The van der Waals surface area contributed by atoms with Crippen molar-refractivity contribution in [2.45, 2.75) is 57.3 Å². The molecule has 0 bridgehead atoms. The van der Waals surface area contributed by atoms with E-state index in [2.05, 4.69) is 5.32 Å². The van der Waals surface area contributed by atoms with Crippen LogP contribution in [0.4, 0.5) is 13.2 Å². The van der Waals surface area contributed by atoms with E-state index in [4.69, 9.17) is 5.73 Å². The second kappa shape index (κ2) is 5.87. The Morgan fingerprint density at radius 2 is 2.06 bits per heavy atom. The van der Waals surface area contributed by atoms with E-state index in [0.29, 0.717) is 12.5 Å². The van der Waals surface area contributed by atoms with Crippen molar-refractivity contribution in [2.24, 2.45) is 11.7 Å². The molecule has 0 heterocycles. The number of alkyl halides is 3. The van der Waals surface area contributed by atoms with Gasteiger partial charge in [0, 0.05) is 12.1 Å². The average Bonchev–Trinajstić information content (AvgIpc) is 2.12. The Balaban J connectivity index is 2.18. The lowest BCUT2D eigenvalue weighted by molar-refractivity contribution is -0.139. The van der Waals surface area contributed by atoms with Crippen LogP contribution in [0.2, 0.25) is 0 Å². The Hall–Kier alpha value is -0.290. The van der Waals surface area contributed by atoms with Crippen LogP contribution in [0.1, 0.15) is 39.0 Å². The van der Waals surface area contributed by atoms with Crippen LogP contribution in [0.5, 0.6) is 0 Å². The Morgan fingerprint density at radius 1 is 1.38 bits per heavy atom. The first-order valence-corrected chi connectivity index (χ1v) is 5.92. The molecule has 0 aromatic heterocycles. The molecule has 0 radical (unpaired) electrons. The lowest BCUT2D eigenvalue weighted by atomic mass is 9.86. The number of halogens is 3. The van der Waals surface area contributed by atoms with Crippen molar-refractivity contribution in [1.29, 1.82) is 0 Å². The summed E-state index contributed by atoms with van der Waals surface area (Å²) in [4.78, 5) is 0. The van der Waals surface area contributed by atoms with Crippen LogP contribution in [-0.2, 0) is 0 Å². The maximum Gasteiger partial charge on any atom is 0.390 e. The van der Waals surface area contributed by atoms with Gasteiger partial charge >= 0.3 is 6.18 Å². The van der Waals surface area contributed by atoms with E-state index in [1.54, 1.807) is 6.92 Å². The summed E-state index contributed by atoms with van der Waals surface area (Å²) in [5.74, 6) is 0.444. The van der Waals surface area contributed by atoms with Gasteiger partial charge in [0.2, 0.25) is 0 Å². The van der Waals surface area contributed by atoms with Crippen molar-refractivity contribution in [3.8, 4) is 0 Å². The maximum atomic E-state index is 12.1. The predicted molar refractivity (Wildman–Crippen MR) is 58.1 cm³/mol. The number of hydrogen-bond acceptors (Lipinski definition) is 2. The number of nitrogens with one attached hydrogen (secondary N) is 1. The highest BCUT2D eigenvalue weighted by molar-refractivity contribution is 4.77. The molecule has 0 spiro atoms. The summed E-state index contributed by atoms with van der Waals surface area (Å²) in [7, 11) is 0. The molecule has 0 aromatic carbocycles. The molecule has 3 unspecified atom stereocenters. The SMILES string of the molecule is CC(CC(F)(F)F)NCC1CCCC(N)C1. The maximum absolute atomic E-state index is 12.1. The second-order valence-electron chi connectivity index (χ2n) is 4.92. The second-order valence-corrected chi connectivity index (χ2v) is 4.92. The first-order valence-electron chi connectivity index (χ1n) is 5.92. The fourth-order valence-electron chi connectivity index (χ4n) is 2.31. The van der Waals surface area contributed by atoms with Gasteiger partial charge in [-0.1, -0.05) is 6.42 Å². The molecule has 3 N–H and O–H groups in total. The van der Waals surface area contributed by atoms with Gasteiger partial charge in [-0.05, 0) is 38.6 Å². The smallest absolute Gasteiger partial charge is 0.328 e. The number of hydrogen-bond donors (Lipinski definition) is 2. The van der Waals surface area contributed by atoms with Crippen LogP contribution >= 0.6 is 0 Å². The molecule has 1 rings (SSSR count). The Labute approximate surface area is 94.8 Å². The summed E-state index contributed by atoms with van der Waals surface area (Å²) in [6.45, 7) is 2.24. The molecular weight excluding hydrogens is 217 g/mol. The predicted octanol–water partition coefficient (Wildman–Crippen LogP) is 2.43. The molecule has 0 amide bonds. The minimum atomic E-state index is -4.07. The topological polar surface area (TPSA) is 38.0 Å². The van der Waals surface area contributed by atoms with Crippen LogP contribution in [0, 0.1) is 5.92 Å². The van der Waals surface area contributed by atoms with E-state index in [1.165, 1.54) is 0 Å². The fourth-order valence-corrected chi connectivity index (χ4v) is 2.31. The van der Waals surface area contributed by atoms with Gasteiger partial charge < -0.3 is 11.1 Å². The van der Waals surface area contributed by atoms with Crippen molar-refractivity contribution in [3.05, 3.63) is 0 Å². The van der Waals surface area contributed by atoms with Gasteiger partial charge in [0.15, 0.2) is 0 Å². The minimum absolute atomic E-state index is 0.235. The average molecular weight is 238 g/mol.